The number of rotatable bonds is 5. The van der Waals surface area contributed by atoms with Crippen molar-refractivity contribution in [2.75, 3.05) is 32.7 Å². The Balaban J connectivity index is 1.44. The minimum atomic E-state index is -0.784. The second-order valence-electron chi connectivity index (χ2n) is 6.14. The lowest BCUT2D eigenvalue weighted by Crippen LogP contribution is -2.45. The van der Waals surface area contributed by atoms with Crippen LogP contribution in [0.1, 0.15) is 11.1 Å². The molecule has 1 saturated heterocycles. The van der Waals surface area contributed by atoms with Gasteiger partial charge in [-0.1, -0.05) is 48.6 Å². The van der Waals surface area contributed by atoms with Gasteiger partial charge in [-0.05, 0) is 23.3 Å². The van der Waals surface area contributed by atoms with Gasteiger partial charge in [-0.15, -0.1) is 0 Å². The van der Waals surface area contributed by atoms with Gasteiger partial charge in [0.25, 0.3) is 0 Å². The molecular weight excluding hydrogens is 306 g/mol. The number of benzene rings is 2. The first-order chi connectivity index (χ1) is 11.7. The van der Waals surface area contributed by atoms with Crippen molar-refractivity contribution in [3.05, 3.63) is 77.4 Å². The molecule has 1 fully saturated rings. The molecule has 0 amide bonds. The molecule has 0 radical (unpaired) electrons. The van der Waals surface area contributed by atoms with Gasteiger partial charge in [0.2, 0.25) is 0 Å². The fourth-order valence-electron chi connectivity index (χ4n) is 2.93. The van der Waals surface area contributed by atoms with Crippen LogP contribution in [0.4, 0.5) is 8.78 Å². The van der Waals surface area contributed by atoms with E-state index in [1.54, 1.807) is 6.07 Å². The van der Waals surface area contributed by atoms with Crippen LogP contribution in [0.2, 0.25) is 0 Å². The molecule has 1 aliphatic heterocycles. The van der Waals surface area contributed by atoms with E-state index in [1.807, 2.05) is 18.2 Å². The molecule has 2 aromatic rings. The summed E-state index contributed by atoms with van der Waals surface area (Å²) in [5, 5.41) is 0. The van der Waals surface area contributed by atoms with Crippen molar-refractivity contribution in [2.24, 2.45) is 0 Å². The summed E-state index contributed by atoms with van der Waals surface area (Å²) < 4.78 is 26.2. The molecule has 0 saturated carbocycles. The smallest absolute Gasteiger partial charge is 0.159 e. The minimum absolute atomic E-state index is 0.672. The summed E-state index contributed by atoms with van der Waals surface area (Å²) in [6.07, 6.45) is 4.34. The number of halogens is 2. The predicted octanol–water partition coefficient (Wildman–Crippen LogP) is 3.80. The zero-order valence-corrected chi connectivity index (χ0v) is 13.7. The highest BCUT2D eigenvalue weighted by Gasteiger charge is 2.16. The molecule has 0 spiro atoms. The van der Waals surface area contributed by atoms with E-state index in [1.165, 1.54) is 17.7 Å². The van der Waals surface area contributed by atoms with Gasteiger partial charge in [0.1, 0.15) is 0 Å². The van der Waals surface area contributed by atoms with E-state index in [4.69, 9.17) is 0 Å². The van der Waals surface area contributed by atoms with E-state index >= 15 is 0 Å². The van der Waals surface area contributed by atoms with Crippen molar-refractivity contribution >= 4 is 6.08 Å². The summed E-state index contributed by atoms with van der Waals surface area (Å²) in [5.74, 6) is -1.55. The quantitative estimate of drug-likeness (QED) is 0.824. The SMILES string of the molecule is Fc1ccc(CN2CCN(C/C=C/c3ccccc3)CC2)cc1F. The molecule has 0 aliphatic carbocycles. The molecule has 126 valence electrons. The molecule has 1 heterocycles. The Morgan fingerprint density at radius 1 is 0.833 bits per heavy atom. The van der Waals surface area contributed by atoms with Gasteiger partial charge in [-0.2, -0.15) is 0 Å². The lowest BCUT2D eigenvalue weighted by Gasteiger charge is -2.34. The van der Waals surface area contributed by atoms with Crippen molar-refractivity contribution < 1.29 is 8.78 Å². The minimum Gasteiger partial charge on any atom is -0.297 e. The molecule has 1 aliphatic rings. The Morgan fingerprint density at radius 2 is 1.54 bits per heavy atom. The highest BCUT2D eigenvalue weighted by Crippen LogP contribution is 2.13. The fraction of sp³-hybridized carbons (Fsp3) is 0.300. The van der Waals surface area contributed by atoms with Crippen LogP contribution in [-0.2, 0) is 6.54 Å². The summed E-state index contributed by atoms with van der Waals surface area (Å²) in [4.78, 5) is 4.69. The average molecular weight is 328 g/mol. The zero-order valence-electron chi connectivity index (χ0n) is 13.7. The number of piperazine rings is 1. The average Bonchev–Trinajstić information content (AvgIpc) is 2.61. The van der Waals surface area contributed by atoms with Gasteiger partial charge in [-0.25, -0.2) is 8.78 Å². The molecule has 0 atom stereocenters. The first kappa shape index (κ1) is 16.8. The normalized spacial score (nSPS) is 16.8. The third kappa shape index (κ3) is 4.73. The van der Waals surface area contributed by atoms with Crippen LogP contribution in [0.25, 0.3) is 6.08 Å². The summed E-state index contributed by atoms with van der Waals surface area (Å²) >= 11 is 0. The van der Waals surface area contributed by atoms with Crippen LogP contribution in [-0.4, -0.2) is 42.5 Å². The van der Waals surface area contributed by atoms with Crippen LogP contribution in [0.3, 0.4) is 0 Å². The molecule has 2 aromatic carbocycles. The lowest BCUT2D eigenvalue weighted by molar-refractivity contribution is 0.137. The Kier molecular flexibility index (Phi) is 5.72. The maximum Gasteiger partial charge on any atom is 0.159 e. The number of hydrogen-bond donors (Lipinski definition) is 0. The van der Waals surface area contributed by atoms with E-state index in [-0.39, 0.29) is 0 Å². The summed E-state index contributed by atoms with van der Waals surface area (Å²) in [5.41, 5.74) is 2.04. The fourth-order valence-corrected chi connectivity index (χ4v) is 2.93. The van der Waals surface area contributed by atoms with E-state index < -0.39 is 11.6 Å². The van der Waals surface area contributed by atoms with Gasteiger partial charge < -0.3 is 0 Å². The maximum absolute atomic E-state index is 13.3. The van der Waals surface area contributed by atoms with Crippen LogP contribution in [0.5, 0.6) is 0 Å². The first-order valence-corrected chi connectivity index (χ1v) is 8.31. The van der Waals surface area contributed by atoms with Crippen LogP contribution in [0.15, 0.2) is 54.6 Å². The van der Waals surface area contributed by atoms with Gasteiger partial charge in [0.05, 0.1) is 0 Å². The summed E-state index contributed by atoms with van der Waals surface area (Å²) in [7, 11) is 0. The monoisotopic (exact) mass is 328 g/mol. The molecule has 3 rings (SSSR count). The third-order valence-corrected chi connectivity index (χ3v) is 4.33. The van der Waals surface area contributed by atoms with E-state index in [0.717, 1.165) is 38.3 Å². The van der Waals surface area contributed by atoms with Crippen molar-refractivity contribution in [1.82, 2.24) is 9.80 Å². The topological polar surface area (TPSA) is 6.48 Å². The van der Waals surface area contributed by atoms with Crippen molar-refractivity contribution in [1.29, 1.82) is 0 Å². The molecule has 2 nitrogen and oxygen atoms in total. The van der Waals surface area contributed by atoms with Gasteiger partial charge in [-0.3, -0.25) is 9.80 Å². The third-order valence-electron chi connectivity index (χ3n) is 4.33. The van der Waals surface area contributed by atoms with Gasteiger partial charge >= 0.3 is 0 Å². The zero-order chi connectivity index (χ0) is 16.8. The Hall–Kier alpha value is -2.04. The maximum atomic E-state index is 13.3. The van der Waals surface area contributed by atoms with Crippen LogP contribution in [0, 0.1) is 11.6 Å². The molecule has 0 N–H and O–H groups in total. The van der Waals surface area contributed by atoms with Crippen LogP contribution < -0.4 is 0 Å². The van der Waals surface area contributed by atoms with E-state index in [0.29, 0.717) is 6.54 Å². The molecule has 0 unspecified atom stereocenters. The molecule has 24 heavy (non-hydrogen) atoms. The van der Waals surface area contributed by atoms with Crippen molar-refractivity contribution in [3.63, 3.8) is 0 Å². The summed E-state index contributed by atoms with van der Waals surface area (Å²) in [6.45, 7) is 5.47. The molecule has 0 aromatic heterocycles. The second kappa shape index (κ2) is 8.18. The van der Waals surface area contributed by atoms with Gasteiger partial charge in [0.15, 0.2) is 11.6 Å². The van der Waals surface area contributed by atoms with Gasteiger partial charge in [0, 0.05) is 39.3 Å². The second-order valence-corrected chi connectivity index (χ2v) is 6.14. The van der Waals surface area contributed by atoms with E-state index in [2.05, 4.69) is 34.1 Å². The predicted molar refractivity (Wildman–Crippen MR) is 93.6 cm³/mol. The summed E-state index contributed by atoms with van der Waals surface area (Å²) in [6, 6.07) is 14.4. The highest BCUT2D eigenvalue weighted by molar-refractivity contribution is 5.48. The van der Waals surface area contributed by atoms with Crippen LogP contribution >= 0.6 is 0 Å². The highest BCUT2D eigenvalue weighted by atomic mass is 19.2. The molecule has 4 heteroatoms. The first-order valence-electron chi connectivity index (χ1n) is 8.31. The van der Waals surface area contributed by atoms with Crippen molar-refractivity contribution in [2.45, 2.75) is 6.54 Å². The Morgan fingerprint density at radius 3 is 2.25 bits per heavy atom. The number of hydrogen-bond acceptors (Lipinski definition) is 2. The largest absolute Gasteiger partial charge is 0.297 e. The Bertz CT molecular complexity index is 677. The van der Waals surface area contributed by atoms with Crippen molar-refractivity contribution in [3.8, 4) is 0 Å². The van der Waals surface area contributed by atoms with E-state index in [9.17, 15) is 8.78 Å². The number of nitrogens with zero attached hydrogens (tertiary/aromatic N) is 2. The Labute approximate surface area is 142 Å². The molecular formula is C20H22F2N2. The standard InChI is InChI=1S/C20H22F2N2/c21-19-9-8-18(15-20(19)22)16-24-13-11-23(12-14-24)10-4-7-17-5-2-1-3-6-17/h1-9,15H,10-14,16H2/b7-4+. The molecule has 0 bridgehead atoms. The lowest BCUT2D eigenvalue weighted by atomic mass is 10.2.